The lowest BCUT2D eigenvalue weighted by Crippen LogP contribution is -2.18. The first-order chi connectivity index (χ1) is 10.7. The largest absolute Gasteiger partial charge is 0.474 e. The lowest BCUT2D eigenvalue weighted by Gasteiger charge is -2.16. The van der Waals surface area contributed by atoms with E-state index in [9.17, 15) is 4.79 Å². The molecule has 0 spiro atoms. The summed E-state index contributed by atoms with van der Waals surface area (Å²) >= 11 is 0. The minimum atomic E-state index is -0.653. The third kappa shape index (κ3) is 1.92. The lowest BCUT2D eigenvalue weighted by molar-refractivity contribution is 0.0796. The monoisotopic (exact) mass is 290 g/mol. The molecule has 0 radical (unpaired) electrons. The summed E-state index contributed by atoms with van der Waals surface area (Å²) in [5.41, 5.74) is 2.58. The number of aromatic nitrogens is 2. The molecule has 1 unspecified atom stereocenters. The Balaban J connectivity index is 1.90. The molecule has 0 saturated heterocycles. The van der Waals surface area contributed by atoms with Crippen LogP contribution in [0.4, 0.5) is 0 Å². The van der Waals surface area contributed by atoms with E-state index in [2.05, 4.69) is 4.98 Å². The van der Waals surface area contributed by atoms with Crippen molar-refractivity contribution in [1.29, 1.82) is 0 Å². The first-order valence-electron chi connectivity index (χ1n) is 7.14. The van der Waals surface area contributed by atoms with Gasteiger partial charge in [0.2, 0.25) is 5.78 Å². The second-order valence-electron chi connectivity index (χ2n) is 5.36. The van der Waals surface area contributed by atoms with Gasteiger partial charge < -0.3 is 4.74 Å². The van der Waals surface area contributed by atoms with E-state index < -0.39 is 6.10 Å². The molecule has 108 valence electrons. The summed E-state index contributed by atoms with van der Waals surface area (Å²) in [5, 5.41) is 0. The Bertz CT molecular complexity index is 850. The molecule has 4 rings (SSSR count). The van der Waals surface area contributed by atoms with Gasteiger partial charge in [-0.05, 0) is 31.2 Å². The average Bonchev–Trinajstić information content (AvgIpc) is 2.99. The molecule has 2 aromatic heterocycles. The van der Waals surface area contributed by atoms with Crippen molar-refractivity contribution in [3.63, 3.8) is 0 Å². The van der Waals surface area contributed by atoms with Gasteiger partial charge in [0.1, 0.15) is 0 Å². The van der Waals surface area contributed by atoms with Crippen molar-refractivity contribution in [2.45, 2.75) is 13.0 Å². The van der Waals surface area contributed by atoms with E-state index in [1.54, 1.807) is 16.8 Å². The van der Waals surface area contributed by atoms with E-state index in [-0.39, 0.29) is 5.78 Å². The van der Waals surface area contributed by atoms with Gasteiger partial charge in [-0.15, -0.1) is 0 Å². The van der Waals surface area contributed by atoms with Crippen molar-refractivity contribution < 1.29 is 9.53 Å². The first-order valence-corrected chi connectivity index (χ1v) is 7.14. The Morgan fingerprint density at radius 1 is 1.09 bits per heavy atom. The summed E-state index contributed by atoms with van der Waals surface area (Å²) in [6.07, 6.45) is 2.88. The predicted molar refractivity (Wildman–Crippen MR) is 82.4 cm³/mol. The summed E-state index contributed by atoms with van der Waals surface area (Å²) in [7, 11) is 0. The van der Waals surface area contributed by atoms with Gasteiger partial charge in [-0.1, -0.05) is 29.8 Å². The van der Waals surface area contributed by atoms with Crippen LogP contribution >= 0.6 is 0 Å². The molecule has 0 amide bonds. The van der Waals surface area contributed by atoms with Crippen molar-refractivity contribution >= 4 is 5.78 Å². The molecule has 1 aliphatic rings. The fourth-order valence-electron chi connectivity index (χ4n) is 2.70. The normalized spacial score (nSPS) is 16.4. The molecule has 4 heteroatoms. The van der Waals surface area contributed by atoms with Crippen LogP contribution in [0.5, 0.6) is 5.75 Å². The molecule has 0 saturated carbocycles. The van der Waals surface area contributed by atoms with E-state index >= 15 is 0 Å². The minimum Gasteiger partial charge on any atom is -0.474 e. The Hall–Kier alpha value is -2.88. The van der Waals surface area contributed by atoms with Crippen LogP contribution in [0.25, 0.3) is 5.82 Å². The molecular formula is C18H14N2O2. The summed E-state index contributed by atoms with van der Waals surface area (Å²) in [6, 6.07) is 15.1. The number of aryl methyl sites for hydroxylation is 1. The van der Waals surface area contributed by atoms with Crippen molar-refractivity contribution in [2.75, 3.05) is 0 Å². The smallest absolute Gasteiger partial charge is 0.224 e. The SMILES string of the molecule is Cc1ccc(C2Oc3cccnc3-n3cccc3C2=O)cc1. The van der Waals surface area contributed by atoms with Gasteiger partial charge in [-0.25, -0.2) is 4.98 Å². The summed E-state index contributed by atoms with van der Waals surface area (Å²) < 4.78 is 7.79. The topological polar surface area (TPSA) is 44.1 Å². The molecule has 0 bridgehead atoms. The van der Waals surface area contributed by atoms with Gasteiger partial charge in [0.25, 0.3) is 0 Å². The maximum absolute atomic E-state index is 12.9. The predicted octanol–water partition coefficient (Wildman–Crippen LogP) is 3.50. The number of benzene rings is 1. The van der Waals surface area contributed by atoms with Gasteiger partial charge in [0.05, 0.1) is 5.69 Å². The Morgan fingerprint density at radius 2 is 1.91 bits per heavy atom. The number of pyridine rings is 1. The van der Waals surface area contributed by atoms with Crippen molar-refractivity contribution in [3.8, 4) is 11.6 Å². The Kier molecular flexibility index (Phi) is 2.82. The number of nitrogens with zero attached hydrogens (tertiary/aromatic N) is 2. The number of rotatable bonds is 1. The van der Waals surface area contributed by atoms with Crippen LogP contribution in [0.15, 0.2) is 60.9 Å². The summed E-state index contributed by atoms with van der Waals surface area (Å²) in [5.74, 6) is 1.19. The fourth-order valence-corrected chi connectivity index (χ4v) is 2.70. The van der Waals surface area contributed by atoms with Crippen LogP contribution in [0, 0.1) is 6.92 Å². The molecule has 3 aromatic rings. The maximum atomic E-state index is 12.9. The standard InChI is InChI=1S/C18H14N2O2/c1-12-6-8-13(9-7-12)17-16(21)14-4-3-11-20(14)18-15(22-17)5-2-10-19-18/h2-11,17H,1H3. The highest BCUT2D eigenvalue weighted by Gasteiger charge is 2.31. The zero-order valence-corrected chi connectivity index (χ0v) is 12.1. The molecular weight excluding hydrogens is 276 g/mol. The number of hydrogen-bond donors (Lipinski definition) is 0. The Morgan fingerprint density at radius 3 is 2.73 bits per heavy atom. The van der Waals surface area contributed by atoms with Gasteiger partial charge in [-0.3, -0.25) is 9.36 Å². The highest BCUT2D eigenvalue weighted by molar-refractivity contribution is 6.00. The number of ketones is 1. The molecule has 0 aliphatic carbocycles. The van der Waals surface area contributed by atoms with Crippen LogP contribution in [-0.2, 0) is 0 Å². The second kappa shape index (κ2) is 4.84. The first kappa shape index (κ1) is 12.8. The summed E-state index contributed by atoms with van der Waals surface area (Å²) in [6.45, 7) is 2.02. The average molecular weight is 290 g/mol. The van der Waals surface area contributed by atoms with E-state index in [0.29, 0.717) is 17.3 Å². The molecule has 0 N–H and O–H groups in total. The zero-order chi connectivity index (χ0) is 15.1. The third-order valence-corrected chi connectivity index (χ3v) is 3.84. The second-order valence-corrected chi connectivity index (χ2v) is 5.36. The van der Waals surface area contributed by atoms with Crippen LogP contribution in [-0.4, -0.2) is 15.3 Å². The fraction of sp³-hybridized carbons (Fsp3) is 0.111. The molecule has 4 nitrogen and oxygen atoms in total. The zero-order valence-electron chi connectivity index (χ0n) is 12.1. The number of Topliss-reactive ketones (excluding diaryl/α,β-unsaturated/α-hetero) is 1. The van der Waals surface area contributed by atoms with Gasteiger partial charge in [0, 0.05) is 18.0 Å². The number of fused-ring (bicyclic) bond motifs is 3. The van der Waals surface area contributed by atoms with Gasteiger partial charge in [0.15, 0.2) is 17.7 Å². The van der Waals surface area contributed by atoms with E-state index in [1.165, 1.54) is 0 Å². The number of hydrogen-bond acceptors (Lipinski definition) is 3. The number of carbonyl (C=O) groups is 1. The quantitative estimate of drug-likeness (QED) is 0.689. The third-order valence-electron chi connectivity index (χ3n) is 3.84. The van der Waals surface area contributed by atoms with Gasteiger partial charge in [-0.2, -0.15) is 0 Å². The minimum absolute atomic E-state index is 0.0631. The Labute approximate surface area is 128 Å². The molecule has 1 aliphatic heterocycles. The van der Waals surface area contributed by atoms with Crippen LogP contribution < -0.4 is 4.74 Å². The van der Waals surface area contributed by atoms with E-state index in [4.69, 9.17) is 4.74 Å². The highest BCUT2D eigenvalue weighted by atomic mass is 16.5. The van der Waals surface area contributed by atoms with Crippen LogP contribution in [0.2, 0.25) is 0 Å². The number of ether oxygens (including phenoxy) is 1. The molecule has 3 heterocycles. The van der Waals surface area contributed by atoms with Crippen molar-refractivity contribution in [3.05, 3.63) is 77.7 Å². The maximum Gasteiger partial charge on any atom is 0.224 e. The van der Waals surface area contributed by atoms with Crippen LogP contribution in [0.1, 0.15) is 27.7 Å². The van der Waals surface area contributed by atoms with Crippen molar-refractivity contribution in [2.24, 2.45) is 0 Å². The molecule has 0 fully saturated rings. The van der Waals surface area contributed by atoms with Gasteiger partial charge >= 0.3 is 0 Å². The summed E-state index contributed by atoms with van der Waals surface area (Å²) in [4.78, 5) is 17.2. The van der Waals surface area contributed by atoms with E-state index in [1.807, 2.05) is 55.6 Å². The molecule has 1 aromatic carbocycles. The molecule has 1 atom stereocenters. The highest BCUT2D eigenvalue weighted by Crippen LogP contribution is 2.33. The molecule has 22 heavy (non-hydrogen) atoms. The number of carbonyl (C=O) groups excluding carboxylic acids is 1. The van der Waals surface area contributed by atoms with Crippen LogP contribution in [0.3, 0.4) is 0 Å². The lowest BCUT2D eigenvalue weighted by atomic mass is 10.0. The van der Waals surface area contributed by atoms with E-state index in [0.717, 1.165) is 11.1 Å². The van der Waals surface area contributed by atoms with Crippen molar-refractivity contribution in [1.82, 2.24) is 9.55 Å².